The Morgan fingerprint density at radius 1 is 1.54 bits per heavy atom. The Labute approximate surface area is 76.5 Å². The molecule has 0 aromatic carbocycles. The minimum absolute atomic E-state index is 0.299. The van der Waals surface area contributed by atoms with Crippen molar-refractivity contribution in [3.05, 3.63) is 0 Å². The number of nitrogens with one attached hydrogen (secondary N) is 1. The Morgan fingerprint density at radius 3 is 2.54 bits per heavy atom. The number of hydrogen-bond acceptors (Lipinski definition) is 5. The van der Waals surface area contributed by atoms with E-state index in [1.165, 1.54) is 6.92 Å². The minimum atomic E-state index is -0.689. The number of amides is 1. The van der Waals surface area contributed by atoms with E-state index in [9.17, 15) is 9.59 Å². The van der Waals surface area contributed by atoms with Crippen LogP contribution in [0.5, 0.6) is 0 Å². The summed E-state index contributed by atoms with van der Waals surface area (Å²) < 4.78 is 0. The van der Waals surface area contributed by atoms with Gasteiger partial charge in [0.2, 0.25) is 5.91 Å². The van der Waals surface area contributed by atoms with Gasteiger partial charge in [0.25, 0.3) is 0 Å². The maximum Gasteiger partial charge on any atom is 0.347 e. The highest BCUT2D eigenvalue weighted by atomic mass is 16.7. The first-order chi connectivity index (χ1) is 6.11. The van der Waals surface area contributed by atoms with E-state index in [1.807, 2.05) is 0 Å². The predicted molar refractivity (Wildman–Crippen MR) is 46.2 cm³/mol. The molecule has 0 aliphatic rings. The number of hydrogen-bond donors (Lipinski definition) is 3. The van der Waals surface area contributed by atoms with Gasteiger partial charge in [0.1, 0.15) is 6.04 Å². The number of carbonyl (C=O) groups excluding carboxylic acids is 2. The first-order valence-corrected chi connectivity index (χ1v) is 3.99. The van der Waals surface area contributed by atoms with Crippen LogP contribution in [0.1, 0.15) is 19.8 Å². The van der Waals surface area contributed by atoms with Gasteiger partial charge >= 0.3 is 5.97 Å². The Kier molecular flexibility index (Phi) is 5.82. The van der Waals surface area contributed by atoms with Gasteiger partial charge in [0, 0.05) is 6.92 Å². The summed E-state index contributed by atoms with van der Waals surface area (Å²) in [6.45, 7) is 1.77. The maximum atomic E-state index is 11.0. The molecule has 0 saturated heterocycles. The molecule has 0 spiro atoms. The van der Waals surface area contributed by atoms with Crippen molar-refractivity contribution in [2.45, 2.75) is 25.8 Å². The van der Waals surface area contributed by atoms with Crippen molar-refractivity contribution in [1.29, 1.82) is 0 Å². The molecule has 76 valence electrons. The van der Waals surface area contributed by atoms with Crippen molar-refractivity contribution >= 4 is 11.9 Å². The van der Waals surface area contributed by atoms with E-state index in [2.05, 4.69) is 16.1 Å². The molecule has 0 fully saturated rings. The van der Waals surface area contributed by atoms with Crippen LogP contribution in [0.2, 0.25) is 0 Å². The molecule has 0 rings (SSSR count). The monoisotopic (exact) mass is 189 g/mol. The van der Waals surface area contributed by atoms with E-state index in [0.717, 1.165) is 0 Å². The fourth-order valence-electron chi connectivity index (χ4n) is 0.898. The molecule has 13 heavy (non-hydrogen) atoms. The van der Waals surface area contributed by atoms with E-state index >= 15 is 0 Å². The van der Waals surface area contributed by atoms with Gasteiger partial charge < -0.3 is 15.9 Å². The zero-order valence-electron chi connectivity index (χ0n) is 7.58. The summed E-state index contributed by atoms with van der Waals surface area (Å²) in [4.78, 5) is 25.6. The minimum Gasteiger partial charge on any atom is -0.372 e. The van der Waals surface area contributed by atoms with Gasteiger partial charge in [-0.25, -0.2) is 4.79 Å². The van der Waals surface area contributed by atoms with Crippen molar-refractivity contribution < 1.29 is 14.4 Å². The van der Waals surface area contributed by atoms with Gasteiger partial charge in [0.15, 0.2) is 0 Å². The van der Waals surface area contributed by atoms with Crippen molar-refractivity contribution in [1.82, 2.24) is 5.32 Å². The quantitative estimate of drug-likeness (QED) is 0.463. The molecule has 0 aromatic heterocycles. The molecule has 0 bridgehead atoms. The van der Waals surface area contributed by atoms with Gasteiger partial charge in [-0.15, -0.1) is 0 Å². The van der Waals surface area contributed by atoms with Crippen LogP contribution in [0.3, 0.4) is 0 Å². The molecule has 0 heterocycles. The first kappa shape index (κ1) is 11.9. The molecule has 5 N–H and O–H groups in total. The summed E-state index contributed by atoms with van der Waals surface area (Å²) in [7, 11) is 0. The molecule has 0 aromatic rings. The highest BCUT2D eigenvalue weighted by Gasteiger charge is 2.19. The zero-order chi connectivity index (χ0) is 10.3. The molecular formula is C7H15N3O3. The van der Waals surface area contributed by atoms with Crippen LogP contribution in [0, 0.1) is 0 Å². The second-order valence-corrected chi connectivity index (χ2v) is 2.62. The lowest BCUT2D eigenvalue weighted by Gasteiger charge is -2.13. The Bertz CT molecular complexity index is 184. The number of rotatable bonds is 5. The molecule has 0 aliphatic heterocycles. The number of nitrogens with two attached hydrogens (primary N) is 2. The Balaban J connectivity index is 4.02. The average molecular weight is 189 g/mol. The molecule has 0 radical (unpaired) electrons. The van der Waals surface area contributed by atoms with Crippen LogP contribution in [0.25, 0.3) is 0 Å². The van der Waals surface area contributed by atoms with Crippen molar-refractivity contribution in [2.24, 2.45) is 11.6 Å². The highest BCUT2D eigenvalue weighted by Crippen LogP contribution is 1.97. The second-order valence-electron chi connectivity index (χ2n) is 2.62. The van der Waals surface area contributed by atoms with E-state index in [1.54, 1.807) is 0 Å². The smallest absolute Gasteiger partial charge is 0.347 e. The van der Waals surface area contributed by atoms with Gasteiger partial charge in [0.05, 0.1) is 0 Å². The lowest BCUT2D eigenvalue weighted by atomic mass is 10.1. The van der Waals surface area contributed by atoms with Crippen LogP contribution in [0.15, 0.2) is 0 Å². The molecule has 6 nitrogen and oxygen atoms in total. The third kappa shape index (κ3) is 5.15. The fraction of sp³-hybridized carbons (Fsp3) is 0.714. The molecular weight excluding hydrogens is 174 g/mol. The van der Waals surface area contributed by atoms with Crippen LogP contribution in [-0.2, 0) is 14.4 Å². The summed E-state index contributed by atoms with van der Waals surface area (Å²) in [6.07, 6.45) is 1.06. The highest BCUT2D eigenvalue weighted by molar-refractivity contribution is 5.82. The molecule has 1 atom stereocenters. The SMILES string of the molecule is CC(=O)N[C@H](CCCN)C(=O)ON. The van der Waals surface area contributed by atoms with Crippen molar-refractivity contribution in [3.63, 3.8) is 0 Å². The summed E-state index contributed by atoms with van der Waals surface area (Å²) in [5, 5.41) is 2.42. The van der Waals surface area contributed by atoms with E-state index < -0.39 is 12.0 Å². The Morgan fingerprint density at radius 2 is 2.15 bits per heavy atom. The van der Waals surface area contributed by atoms with E-state index in [-0.39, 0.29) is 5.91 Å². The average Bonchev–Trinajstić information content (AvgIpc) is 2.10. The van der Waals surface area contributed by atoms with Crippen molar-refractivity contribution in [3.8, 4) is 0 Å². The summed E-state index contributed by atoms with van der Waals surface area (Å²) >= 11 is 0. The molecule has 1 amide bonds. The topological polar surface area (TPSA) is 107 Å². The predicted octanol–water partition coefficient (Wildman–Crippen LogP) is -1.35. The zero-order valence-corrected chi connectivity index (χ0v) is 7.58. The third-order valence-electron chi connectivity index (χ3n) is 1.48. The van der Waals surface area contributed by atoms with Crippen LogP contribution < -0.4 is 16.9 Å². The third-order valence-corrected chi connectivity index (χ3v) is 1.48. The molecule has 0 unspecified atom stereocenters. The second kappa shape index (κ2) is 6.38. The number of carbonyl (C=O) groups is 2. The van der Waals surface area contributed by atoms with E-state index in [0.29, 0.717) is 19.4 Å². The summed E-state index contributed by atoms with van der Waals surface area (Å²) in [5.41, 5.74) is 5.25. The van der Waals surface area contributed by atoms with Gasteiger partial charge in [-0.3, -0.25) is 4.79 Å². The fourth-order valence-corrected chi connectivity index (χ4v) is 0.898. The van der Waals surface area contributed by atoms with Gasteiger partial charge in [-0.2, -0.15) is 5.90 Å². The summed E-state index contributed by atoms with van der Waals surface area (Å²) in [6, 6.07) is -0.689. The van der Waals surface area contributed by atoms with Crippen LogP contribution >= 0.6 is 0 Å². The summed E-state index contributed by atoms with van der Waals surface area (Å²) in [5.74, 6) is 3.74. The van der Waals surface area contributed by atoms with Gasteiger partial charge in [-0.1, -0.05) is 0 Å². The van der Waals surface area contributed by atoms with Crippen molar-refractivity contribution in [2.75, 3.05) is 6.54 Å². The maximum absolute atomic E-state index is 11.0. The molecule has 0 saturated carbocycles. The Hall–Kier alpha value is -1.14. The lowest BCUT2D eigenvalue weighted by molar-refractivity contribution is -0.148. The standard InChI is InChI=1S/C7H15N3O3/c1-5(11)10-6(3-2-4-8)7(12)13-9/h6H,2-4,8-9H2,1H3,(H,10,11)/t6-/m1/s1. The normalized spacial score (nSPS) is 11.9. The van der Waals surface area contributed by atoms with E-state index in [4.69, 9.17) is 5.73 Å². The lowest BCUT2D eigenvalue weighted by Crippen LogP contribution is -2.41. The van der Waals surface area contributed by atoms with Crippen LogP contribution in [0.4, 0.5) is 0 Å². The van der Waals surface area contributed by atoms with Crippen LogP contribution in [-0.4, -0.2) is 24.5 Å². The largest absolute Gasteiger partial charge is 0.372 e. The molecule has 0 aliphatic carbocycles. The first-order valence-electron chi connectivity index (χ1n) is 3.99. The van der Waals surface area contributed by atoms with Gasteiger partial charge in [-0.05, 0) is 19.4 Å². The molecule has 6 heteroatoms.